The summed E-state index contributed by atoms with van der Waals surface area (Å²) in [5.41, 5.74) is -0.836. The number of phenolic OH excluding ortho intramolecular Hbond substituents is 1. The van der Waals surface area contributed by atoms with Gasteiger partial charge >= 0.3 is 0 Å². The minimum Gasteiger partial charge on any atom is -0.504 e. The zero-order valence-electron chi connectivity index (χ0n) is 10.8. The maximum atomic E-state index is 13.8. The predicted molar refractivity (Wildman–Crippen MR) is 69.2 cm³/mol. The summed E-state index contributed by atoms with van der Waals surface area (Å²) < 4.78 is 59.8. The number of aromatic hydroxyl groups is 1. The van der Waals surface area contributed by atoms with Crippen LogP contribution in [-0.4, -0.2) is 5.11 Å². The van der Waals surface area contributed by atoms with E-state index in [1.165, 1.54) is 37.3 Å². The highest BCUT2D eigenvalue weighted by molar-refractivity contribution is 5.54. The van der Waals surface area contributed by atoms with Gasteiger partial charge in [-0.15, -0.1) is 0 Å². The number of ether oxygens (including phenoxy) is 1. The first-order chi connectivity index (χ1) is 9.97. The summed E-state index contributed by atoms with van der Waals surface area (Å²) in [4.78, 5) is 0. The molecule has 0 atom stereocenters. The lowest BCUT2D eigenvalue weighted by Crippen LogP contribution is -2.03. The van der Waals surface area contributed by atoms with Gasteiger partial charge in [-0.2, -0.15) is 8.78 Å². The SMILES string of the molecule is C/C=C/c1c(F)c(F)c(Oc2ccccc2O)c(F)c1F. The van der Waals surface area contributed by atoms with Crippen LogP contribution in [0.25, 0.3) is 6.08 Å². The second kappa shape index (κ2) is 5.87. The molecule has 2 aromatic rings. The van der Waals surface area contributed by atoms with Crippen molar-refractivity contribution in [2.24, 2.45) is 0 Å². The highest BCUT2D eigenvalue weighted by atomic mass is 19.2. The van der Waals surface area contributed by atoms with Gasteiger partial charge in [0.1, 0.15) is 0 Å². The summed E-state index contributed by atoms with van der Waals surface area (Å²) in [6, 6.07) is 5.27. The van der Waals surface area contributed by atoms with Crippen LogP contribution in [0.1, 0.15) is 12.5 Å². The Morgan fingerprint density at radius 2 is 1.52 bits per heavy atom. The molecule has 0 saturated heterocycles. The van der Waals surface area contributed by atoms with Crippen LogP contribution in [0.3, 0.4) is 0 Å². The van der Waals surface area contributed by atoms with Crippen molar-refractivity contribution in [3.8, 4) is 17.2 Å². The van der Waals surface area contributed by atoms with Gasteiger partial charge in [-0.25, -0.2) is 8.78 Å². The van der Waals surface area contributed by atoms with Crippen LogP contribution in [0.5, 0.6) is 17.2 Å². The molecule has 0 aliphatic carbocycles. The number of hydrogen-bond acceptors (Lipinski definition) is 2. The highest BCUT2D eigenvalue weighted by Gasteiger charge is 2.26. The first kappa shape index (κ1) is 14.9. The van der Waals surface area contributed by atoms with E-state index in [-0.39, 0.29) is 5.75 Å². The van der Waals surface area contributed by atoms with E-state index in [4.69, 9.17) is 4.74 Å². The van der Waals surface area contributed by atoms with Crippen molar-refractivity contribution in [2.75, 3.05) is 0 Å². The number of rotatable bonds is 3. The molecular weight excluding hydrogens is 288 g/mol. The van der Waals surface area contributed by atoms with E-state index in [0.717, 1.165) is 6.08 Å². The molecule has 0 aromatic heterocycles. The van der Waals surface area contributed by atoms with Crippen LogP contribution in [0.15, 0.2) is 30.3 Å². The van der Waals surface area contributed by atoms with Gasteiger partial charge in [0.05, 0.1) is 5.56 Å². The summed E-state index contributed by atoms with van der Waals surface area (Å²) in [6.45, 7) is 1.45. The van der Waals surface area contributed by atoms with Gasteiger partial charge in [0, 0.05) is 0 Å². The number of phenols is 1. The van der Waals surface area contributed by atoms with E-state index < -0.39 is 40.3 Å². The highest BCUT2D eigenvalue weighted by Crippen LogP contribution is 2.36. The monoisotopic (exact) mass is 298 g/mol. The van der Waals surface area contributed by atoms with Crippen LogP contribution in [0.2, 0.25) is 0 Å². The second-order valence-electron chi connectivity index (χ2n) is 4.07. The fourth-order valence-corrected chi connectivity index (χ4v) is 1.68. The molecule has 0 radical (unpaired) electrons. The zero-order chi connectivity index (χ0) is 15.6. The minimum atomic E-state index is -1.68. The topological polar surface area (TPSA) is 29.5 Å². The van der Waals surface area contributed by atoms with E-state index >= 15 is 0 Å². The molecule has 2 nitrogen and oxygen atoms in total. The molecule has 0 fully saturated rings. The molecule has 0 aliphatic rings. The van der Waals surface area contributed by atoms with Gasteiger partial charge in [-0.1, -0.05) is 24.3 Å². The third-order valence-corrected chi connectivity index (χ3v) is 2.67. The van der Waals surface area contributed by atoms with Crippen LogP contribution in [0, 0.1) is 23.3 Å². The summed E-state index contributed by atoms with van der Waals surface area (Å²) in [7, 11) is 0. The van der Waals surface area contributed by atoms with Gasteiger partial charge in [-0.3, -0.25) is 0 Å². The summed E-state index contributed by atoms with van der Waals surface area (Å²) in [5, 5.41) is 9.46. The Hall–Kier alpha value is -2.50. The van der Waals surface area contributed by atoms with E-state index in [2.05, 4.69) is 0 Å². The summed E-state index contributed by atoms with van der Waals surface area (Å²) >= 11 is 0. The quantitative estimate of drug-likeness (QED) is 0.653. The Balaban J connectivity index is 2.58. The standard InChI is InChI=1S/C15H10F4O2/c1-2-5-8-11(16)13(18)15(14(19)12(8)17)21-10-7-4-3-6-9(10)20/h2-7,20H,1H3/b5-2+. The van der Waals surface area contributed by atoms with Gasteiger partial charge in [0.25, 0.3) is 0 Å². The number of hydrogen-bond donors (Lipinski definition) is 1. The lowest BCUT2D eigenvalue weighted by molar-refractivity contribution is 0.349. The number of halogens is 4. The molecule has 110 valence electrons. The average molecular weight is 298 g/mol. The lowest BCUT2D eigenvalue weighted by atomic mass is 10.1. The Labute approximate surface area is 117 Å². The van der Waals surface area contributed by atoms with Crippen molar-refractivity contribution in [3.63, 3.8) is 0 Å². The molecule has 0 amide bonds. The number of para-hydroxylation sites is 2. The second-order valence-corrected chi connectivity index (χ2v) is 4.07. The van der Waals surface area contributed by atoms with Gasteiger partial charge in [0.2, 0.25) is 17.4 Å². The van der Waals surface area contributed by atoms with E-state index in [1.807, 2.05) is 0 Å². The van der Waals surface area contributed by atoms with Crippen molar-refractivity contribution in [2.45, 2.75) is 6.92 Å². The van der Waals surface area contributed by atoms with Crippen molar-refractivity contribution < 1.29 is 27.4 Å². The van der Waals surface area contributed by atoms with Crippen LogP contribution >= 0.6 is 0 Å². The lowest BCUT2D eigenvalue weighted by Gasteiger charge is -2.12. The molecule has 1 N–H and O–H groups in total. The van der Waals surface area contributed by atoms with E-state index in [1.54, 1.807) is 0 Å². The van der Waals surface area contributed by atoms with Gasteiger partial charge < -0.3 is 9.84 Å². The Bertz CT molecular complexity index is 682. The fraction of sp³-hybridized carbons (Fsp3) is 0.0667. The third-order valence-electron chi connectivity index (χ3n) is 2.67. The molecule has 0 spiro atoms. The van der Waals surface area contributed by atoms with Crippen molar-refractivity contribution in [3.05, 3.63) is 59.2 Å². The minimum absolute atomic E-state index is 0.326. The molecular formula is C15H10F4O2. The van der Waals surface area contributed by atoms with Crippen molar-refractivity contribution in [1.82, 2.24) is 0 Å². The van der Waals surface area contributed by atoms with Gasteiger partial charge in [-0.05, 0) is 19.1 Å². The van der Waals surface area contributed by atoms with Crippen LogP contribution < -0.4 is 4.74 Å². The van der Waals surface area contributed by atoms with Crippen molar-refractivity contribution in [1.29, 1.82) is 0 Å². The molecule has 0 unspecified atom stereocenters. The Morgan fingerprint density at radius 3 is 2.05 bits per heavy atom. The smallest absolute Gasteiger partial charge is 0.205 e. The first-order valence-electron chi connectivity index (χ1n) is 5.91. The van der Waals surface area contributed by atoms with E-state index in [0.29, 0.717) is 0 Å². The van der Waals surface area contributed by atoms with Crippen molar-refractivity contribution >= 4 is 6.08 Å². The maximum Gasteiger partial charge on any atom is 0.205 e. The molecule has 0 bridgehead atoms. The molecule has 21 heavy (non-hydrogen) atoms. The third kappa shape index (κ3) is 2.69. The Kier molecular flexibility index (Phi) is 4.16. The molecule has 2 rings (SSSR count). The first-order valence-corrected chi connectivity index (χ1v) is 5.91. The zero-order valence-corrected chi connectivity index (χ0v) is 10.8. The van der Waals surface area contributed by atoms with Crippen LogP contribution in [-0.2, 0) is 0 Å². The Morgan fingerprint density at radius 1 is 0.952 bits per heavy atom. The predicted octanol–water partition coefficient (Wildman–Crippen LogP) is 4.77. The summed E-state index contributed by atoms with van der Waals surface area (Å²) in [6.07, 6.45) is 2.14. The molecule has 0 heterocycles. The fourth-order valence-electron chi connectivity index (χ4n) is 1.68. The molecule has 0 aliphatic heterocycles. The molecule has 6 heteroatoms. The van der Waals surface area contributed by atoms with E-state index in [9.17, 15) is 22.7 Å². The average Bonchev–Trinajstić information content (AvgIpc) is 2.48. The number of allylic oxidation sites excluding steroid dienone is 1. The normalized spacial score (nSPS) is 11.1. The maximum absolute atomic E-state index is 13.8. The molecule has 2 aromatic carbocycles. The number of benzene rings is 2. The summed E-state index contributed by atoms with van der Waals surface area (Å²) in [5.74, 6) is -8.49. The molecule has 0 saturated carbocycles. The van der Waals surface area contributed by atoms with Crippen LogP contribution in [0.4, 0.5) is 17.6 Å². The largest absolute Gasteiger partial charge is 0.504 e. The van der Waals surface area contributed by atoms with Gasteiger partial charge in [0.15, 0.2) is 23.1 Å².